The molecular formula is C11H9Cl7. The van der Waals surface area contributed by atoms with Crippen molar-refractivity contribution in [1.82, 2.24) is 0 Å². The van der Waals surface area contributed by atoms with E-state index in [0.29, 0.717) is 5.56 Å². The number of hydrogen-bond donors (Lipinski definition) is 0. The Bertz CT molecular complexity index is 402. The van der Waals surface area contributed by atoms with Gasteiger partial charge in [0.1, 0.15) is 0 Å². The van der Waals surface area contributed by atoms with Gasteiger partial charge in [-0.25, -0.2) is 0 Å². The van der Waals surface area contributed by atoms with Gasteiger partial charge in [0.25, 0.3) is 0 Å². The quantitative estimate of drug-likeness (QED) is 0.523. The summed E-state index contributed by atoms with van der Waals surface area (Å²) in [5.41, 5.74) is 1.57. The molecule has 0 saturated heterocycles. The monoisotopic (exact) mass is 386 g/mol. The third-order valence-electron chi connectivity index (χ3n) is 2.48. The third-order valence-corrected chi connectivity index (χ3v) is 6.43. The second-order valence-corrected chi connectivity index (χ2v) is 8.63. The summed E-state index contributed by atoms with van der Waals surface area (Å²) >= 11 is 41.5. The van der Waals surface area contributed by atoms with Crippen LogP contribution in [0.15, 0.2) is 24.3 Å². The highest BCUT2D eigenvalue weighted by Crippen LogP contribution is 2.60. The van der Waals surface area contributed by atoms with Crippen LogP contribution in [0.4, 0.5) is 0 Å². The first kappa shape index (κ1) is 17.3. The van der Waals surface area contributed by atoms with Gasteiger partial charge < -0.3 is 0 Å². The van der Waals surface area contributed by atoms with Crippen LogP contribution >= 0.6 is 81.2 Å². The maximum atomic E-state index is 6.18. The summed E-state index contributed by atoms with van der Waals surface area (Å²) in [6, 6.07) is 7.12. The fraction of sp³-hybridized carbons (Fsp3) is 0.455. The number of alkyl halides is 7. The van der Waals surface area contributed by atoms with E-state index in [1.807, 2.05) is 19.1 Å². The molecule has 7 heteroatoms. The van der Waals surface area contributed by atoms with E-state index in [-0.39, 0.29) is 0 Å². The first-order chi connectivity index (χ1) is 8.04. The van der Waals surface area contributed by atoms with E-state index in [1.165, 1.54) is 0 Å². The highest BCUT2D eigenvalue weighted by Gasteiger charge is 2.60. The maximum Gasteiger partial charge on any atom is 0.226 e. The highest BCUT2D eigenvalue weighted by atomic mass is 35.6. The molecule has 0 unspecified atom stereocenters. The van der Waals surface area contributed by atoms with Crippen LogP contribution in [0, 0.1) is 0 Å². The van der Waals surface area contributed by atoms with Crippen LogP contribution in [-0.2, 0) is 10.8 Å². The van der Waals surface area contributed by atoms with E-state index < -0.39 is 12.5 Å². The molecule has 1 aromatic rings. The minimum Gasteiger partial charge on any atom is -0.0930 e. The fourth-order valence-corrected chi connectivity index (χ4v) is 2.78. The molecule has 0 heterocycles. The van der Waals surface area contributed by atoms with Crippen LogP contribution in [0.2, 0.25) is 0 Å². The largest absolute Gasteiger partial charge is 0.226 e. The molecule has 1 aromatic carbocycles. The molecule has 0 N–H and O–H groups in total. The van der Waals surface area contributed by atoms with Crippen molar-refractivity contribution in [3.05, 3.63) is 35.4 Å². The number of hydrogen-bond acceptors (Lipinski definition) is 0. The molecule has 0 aliphatic heterocycles. The Morgan fingerprint density at radius 3 is 1.61 bits per heavy atom. The molecule has 0 fully saturated rings. The molecule has 102 valence electrons. The average Bonchev–Trinajstić information content (AvgIpc) is 2.27. The summed E-state index contributed by atoms with van der Waals surface area (Å²) in [4.78, 5) is 0. The molecule has 18 heavy (non-hydrogen) atoms. The van der Waals surface area contributed by atoms with Gasteiger partial charge in [-0.2, -0.15) is 0 Å². The van der Waals surface area contributed by atoms with Crippen LogP contribution in [0.3, 0.4) is 0 Å². The molecule has 0 spiro atoms. The molecule has 0 aliphatic rings. The van der Waals surface area contributed by atoms with Gasteiger partial charge in [0.15, 0.2) is 4.33 Å². The predicted octanol–water partition coefficient (Wildman–Crippen LogP) is 6.42. The second kappa shape index (κ2) is 5.93. The maximum absolute atomic E-state index is 6.18. The lowest BCUT2D eigenvalue weighted by Gasteiger charge is -2.37. The van der Waals surface area contributed by atoms with E-state index >= 15 is 0 Å². The Labute approximate surface area is 141 Å². The smallest absolute Gasteiger partial charge is 0.0930 e. The van der Waals surface area contributed by atoms with Gasteiger partial charge >= 0.3 is 0 Å². The first-order valence-corrected chi connectivity index (χ1v) is 7.60. The van der Waals surface area contributed by atoms with E-state index in [2.05, 4.69) is 0 Å². The van der Waals surface area contributed by atoms with Crippen molar-refractivity contribution >= 4 is 81.2 Å². The summed E-state index contributed by atoms with van der Waals surface area (Å²) in [6.07, 6.45) is 0.884. The van der Waals surface area contributed by atoms with Gasteiger partial charge in [0, 0.05) is 0 Å². The van der Waals surface area contributed by atoms with E-state index in [1.54, 1.807) is 12.1 Å². The number of rotatable bonds is 3. The SMILES string of the molecule is CCc1ccc(C(Cl)(Cl)C(Cl)(Cl)C(Cl)(Cl)Cl)cc1. The van der Waals surface area contributed by atoms with Crippen molar-refractivity contribution in [1.29, 1.82) is 0 Å². The van der Waals surface area contributed by atoms with E-state index in [0.717, 1.165) is 12.0 Å². The Balaban J connectivity index is 3.19. The topological polar surface area (TPSA) is 0 Å². The van der Waals surface area contributed by atoms with Gasteiger partial charge in [0.05, 0.1) is 0 Å². The molecule has 0 aliphatic carbocycles. The van der Waals surface area contributed by atoms with Crippen LogP contribution < -0.4 is 0 Å². The number of benzene rings is 1. The summed E-state index contributed by atoms with van der Waals surface area (Å²) in [5, 5.41) is 0. The van der Waals surface area contributed by atoms with Crippen molar-refractivity contribution in [2.24, 2.45) is 0 Å². The van der Waals surface area contributed by atoms with Crippen LogP contribution in [0.5, 0.6) is 0 Å². The molecule has 0 nitrogen and oxygen atoms in total. The van der Waals surface area contributed by atoms with Crippen molar-refractivity contribution in [2.45, 2.75) is 25.8 Å². The Morgan fingerprint density at radius 1 is 0.833 bits per heavy atom. The minimum absolute atomic E-state index is 0.458. The van der Waals surface area contributed by atoms with E-state index in [9.17, 15) is 0 Å². The van der Waals surface area contributed by atoms with Gasteiger partial charge in [-0.3, -0.25) is 0 Å². The van der Waals surface area contributed by atoms with Crippen LogP contribution in [0.1, 0.15) is 18.1 Å². The molecule has 0 radical (unpaired) electrons. The van der Waals surface area contributed by atoms with Crippen LogP contribution in [0.25, 0.3) is 0 Å². The normalized spacial score (nSPS) is 13.8. The average molecular weight is 389 g/mol. The first-order valence-electron chi connectivity index (χ1n) is 4.95. The summed E-state index contributed by atoms with van der Waals surface area (Å²) < 4.78 is -5.79. The zero-order valence-corrected chi connectivity index (χ0v) is 14.5. The minimum atomic E-state index is -2.04. The molecule has 1 rings (SSSR count). The van der Waals surface area contributed by atoms with Gasteiger partial charge in [-0.1, -0.05) is 112 Å². The zero-order valence-electron chi connectivity index (χ0n) is 9.16. The third kappa shape index (κ3) is 3.28. The molecule has 0 bridgehead atoms. The predicted molar refractivity (Wildman–Crippen MR) is 83.9 cm³/mol. The Morgan fingerprint density at radius 2 is 1.28 bits per heavy atom. The molecule has 0 atom stereocenters. The number of halogens is 7. The molecule has 0 saturated carbocycles. The lowest BCUT2D eigenvalue weighted by molar-refractivity contribution is 0.698. The van der Waals surface area contributed by atoms with Gasteiger partial charge in [0.2, 0.25) is 8.13 Å². The van der Waals surface area contributed by atoms with Crippen molar-refractivity contribution in [2.75, 3.05) is 0 Å². The number of aryl methyl sites for hydroxylation is 1. The Kier molecular flexibility index (Phi) is 5.70. The van der Waals surface area contributed by atoms with Crippen molar-refractivity contribution in [3.63, 3.8) is 0 Å². The standard InChI is InChI=1S/C11H9Cl7/c1-2-7-3-5-8(6-4-7)9(12,13)10(14,15)11(16,17)18/h3-6H,2H2,1H3. The summed E-state index contributed by atoms with van der Waals surface area (Å²) in [6.45, 7) is 2.03. The van der Waals surface area contributed by atoms with Gasteiger partial charge in [-0.15, -0.1) is 0 Å². The molecular weight excluding hydrogens is 380 g/mol. The fourth-order valence-electron chi connectivity index (χ4n) is 1.31. The second-order valence-electron chi connectivity index (χ2n) is 3.70. The zero-order chi connectivity index (χ0) is 14.2. The van der Waals surface area contributed by atoms with Crippen LogP contribution in [-0.4, -0.2) is 8.13 Å². The molecule has 0 aromatic heterocycles. The lowest BCUT2D eigenvalue weighted by Crippen LogP contribution is -2.45. The molecule has 0 amide bonds. The van der Waals surface area contributed by atoms with E-state index in [4.69, 9.17) is 81.2 Å². The van der Waals surface area contributed by atoms with Crippen molar-refractivity contribution in [3.8, 4) is 0 Å². The van der Waals surface area contributed by atoms with Gasteiger partial charge in [-0.05, 0) is 17.5 Å². The van der Waals surface area contributed by atoms with Crippen molar-refractivity contribution < 1.29 is 0 Å². The highest BCUT2D eigenvalue weighted by molar-refractivity contribution is 6.78. The Hall–Kier alpha value is 1.25. The summed E-state index contributed by atoms with van der Waals surface area (Å²) in [5.74, 6) is 0. The lowest BCUT2D eigenvalue weighted by atomic mass is 10.1. The summed E-state index contributed by atoms with van der Waals surface area (Å²) in [7, 11) is 0.